The Kier molecular flexibility index (Phi) is 2.41. The molecule has 4 atom stereocenters. The van der Waals surface area contributed by atoms with Gasteiger partial charge in [-0.25, -0.2) is 0 Å². The van der Waals surface area contributed by atoms with Crippen LogP contribution in [0.4, 0.5) is 0 Å². The van der Waals surface area contributed by atoms with E-state index in [1.54, 1.807) is 7.11 Å². The molecule has 74 valence electrons. The molecular weight excluding hydrogens is 168 g/mol. The summed E-state index contributed by atoms with van der Waals surface area (Å²) in [6, 6.07) is 0. The predicted molar refractivity (Wildman–Crippen MR) is 48.3 cm³/mol. The number of rotatable bonds is 2. The van der Waals surface area contributed by atoms with E-state index in [-0.39, 0.29) is 24.4 Å². The van der Waals surface area contributed by atoms with Crippen LogP contribution in [-0.2, 0) is 14.2 Å². The van der Waals surface area contributed by atoms with E-state index >= 15 is 0 Å². The van der Waals surface area contributed by atoms with Crippen molar-refractivity contribution in [2.45, 2.75) is 31.8 Å². The quantitative estimate of drug-likeness (QED) is 0.606. The van der Waals surface area contributed by atoms with E-state index in [4.69, 9.17) is 14.2 Å². The van der Waals surface area contributed by atoms with Gasteiger partial charge in [0, 0.05) is 7.11 Å². The van der Waals surface area contributed by atoms with E-state index in [1.165, 1.54) is 0 Å². The minimum atomic E-state index is -0.148. The monoisotopic (exact) mass is 184 g/mol. The van der Waals surface area contributed by atoms with Crippen molar-refractivity contribution in [2.24, 2.45) is 5.92 Å². The summed E-state index contributed by atoms with van der Waals surface area (Å²) in [6.45, 7) is 6.74. The van der Waals surface area contributed by atoms with Crippen LogP contribution >= 0.6 is 0 Å². The van der Waals surface area contributed by atoms with Gasteiger partial charge in [-0.05, 0) is 12.0 Å². The average Bonchev–Trinajstić information content (AvgIpc) is 2.67. The van der Waals surface area contributed by atoms with Crippen LogP contribution in [0.3, 0.4) is 0 Å². The standard InChI is InChI=1S/C10H16O3/c1-4-7-9-8(6(2)5-12-9)10(11-3)13-7/h7-10H,2,4-5H2,1,3H3/t7-,8+,9+,10-/m1/s1. The Morgan fingerprint density at radius 3 is 3.00 bits per heavy atom. The van der Waals surface area contributed by atoms with Gasteiger partial charge in [0.25, 0.3) is 0 Å². The fraction of sp³-hybridized carbons (Fsp3) is 0.800. The second-order valence-electron chi connectivity index (χ2n) is 3.65. The van der Waals surface area contributed by atoms with Crippen LogP contribution in [0.25, 0.3) is 0 Å². The van der Waals surface area contributed by atoms with E-state index in [2.05, 4.69) is 13.5 Å². The van der Waals surface area contributed by atoms with Gasteiger partial charge in [0.15, 0.2) is 6.29 Å². The van der Waals surface area contributed by atoms with Gasteiger partial charge in [0.2, 0.25) is 0 Å². The van der Waals surface area contributed by atoms with E-state index < -0.39 is 0 Å². The smallest absolute Gasteiger partial charge is 0.166 e. The molecule has 0 bridgehead atoms. The summed E-state index contributed by atoms with van der Waals surface area (Å²) in [7, 11) is 1.67. The first-order valence-electron chi connectivity index (χ1n) is 4.75. The zero-order chi connectivity index (χ0) is 9.42. The number of hydrogen-bond donors (Lipinski definition) is 0. The van der Waals surface area contributed by atoms with E-state index in [1.807, 2.05) is 0 Å². The van der Waals surface area contributed by atoms with Crippen LogP contribution in [-0.4, -0.2) is 32.2 Å². The SMILES string of the molecule is C=C1CO[C@@H]2[C@H]1[C@H](OC)O[C@@H]2CC. The molecule has 2 saturated heterocycles. The van der Waals surface area contributed by atoms with Crippen LogP contribution in [0.5, 0.6) is 0 Å². The van der Waals surface area contributed by atoms with Gasteiger partial charge >= 0.3 is 0 Å². The molecule has 2 heterocycles. The van der Waals surface area contributed by atoms with Crippen LogP contribution in [0, 0.1) is 5.92 Å². The largest absolute Gasteiger partial charge is 0.370 e. The van der Waals surface area contributed by atoms with Crippen molar-refractivity contribution in [3.8, 4) is 0 Å². The molecule has 0 saturated carbocycles. The summed E-state index contributed by atoms with van der Waals surface area (Å²) in [5.41, 5.74) is 1.10. The Balaban J connectivity index is 2.16. The topological polar surface area (TPSA) is 27.7 Å². The molecule has 2 aliphatic rings. The third-order valence-corrected chi connectivity index (χ3v) is 2.89. The molecule has 0 unspecified atom stereocenters. The molecule has 2 rings (SSSR count). The van der Waals surface area contributed by atoms with Gasteiger partial charge in [-0.2, -0.15) is 0 Å². The first kappa shape index (κ1) is 9.19. The molecule has 0 aromatic carbocycles. The van der Waals surface area contributed by atoms with Crippen molar-refractivity contribution in [3.63, 3.8) is 0 Å². The van der Waals surface area contributed by atoms with E-state index in [9.17, 15) is 0 Å². The molecule has 0 aromatic rings. The summed E-state index contributed by atoms with van der Waals surface area (Å²) in [5.74, 6) is 0.245. The van der Waals surface area contributed by atoms with Crippen molar-refractivity contribution in [2.75, 3.05) is 13.7 Å². The number of ether oxygens (including phenoxy) is 3. The number of hydrogen-bond acceptors (Lipinski definition) is 3. The Morgan fingerprint density at radius 1 is 1.62 bits per heavy atom. The van der Waals surface area contributed by atoms with Crippen molar-refractivity contribution in [3.05, 3.63) is 12.2 Å². The molecule has 0 amide bonds. The molecule has 2 aliphatic heterocycles. The maximum absolute atomic E-state index is 5.69. The Hall–Kier alpha value is -0.380. The Morgan fingerprint density at radius 2 is 2.38 bits per heavy atom. The minimum Gasteiger partial charge on any atom is -0.370 e. The van der Waals surface area contributed by atoms with Crippen molar-refractivity contribution in [1.82, 2.24) is 0 Å². The molecular formula is C10H16O3. The second-order valence-corrected chi connectivity index (χ2v) is 3.65. The summed E-state index contributed by atoms with van der Waals surface area (Å²) in [6.07, 6.45) is 1.16. The highest BCUT2D eigenvalue weighted by Gasteiger charge is 2.49. The summed E-state index contributed by atoms with van der Waals surface area (Å²) in [4.78, 5) is 0. The molecule has 13 heavy (non-hydrogen) atoms. The van der Waals surface area contributed by atoms with Gasteiger partial charge < -0.3 is 14.2 Å². The molecule has 0 N–H and O–H groups in total. The maximum atomic E-state index is 5.69. The highest BCUT2D eigenvalue weighted by molar-refractivity contribution is 5.14. The highest BCUT2D eigenvalue weighted by atomic mass is 16.7. The van der Waals surface area contributed by atoms with Gasteiger partial charge in [-0.1, -0.05) is 13.5 Å². The van der Waals surface area contributed by atoms with Crippen molar-refractivity contribution in [1.29, 1.82) is 0 Å². The van der Waals surface area contributed by atoms with Crippen LogP contribution in [0.2, 0.25) is 0 Å². The van der Waals surface area contributed by atoms with Gasteiger partial charge in [0.05, 0.1) is 24.7 Å². The number of fused-ring (bicyclic) bond motifs is 1. The lowest BCUT2D eigenvalue weighted by Crippen LogP contribution is -2.24. The molecule has 0 spiro atoms. The zero-order valence-electron chi connectivity index (χ0n) is 8.16. The predicted octanol–water partition coefficient (Wildman–Crippen LogP) is 1.34. The van der Waals surface area contributed by atoms with Crippen LogP contribution in [0.15, 0.2) is 12.2 Å². The van der Waals surface area contributed by atoms with E-state index in [0.717, 1.165) is 12.0 Å². The van der Waals surface area contributed by atoms with Gasteiger partial charge in [-0.15, -0.1) is 0 Å². The van der Waals surface area contributed by atoms with Gasteiger partial charge in [0.1, 0.15) is 0 Å². The second kappa shape index (κ2) is 3.40. The summed E-state index contributed by atoms with van der Waals surface area (Å²) < 4.78 is 16.6. The fourth-order valence-electron chi connectivity index (χ4n) is 2.19. The molecule has 2 fully saturated rings. The maximum Gasteiger partial charge on any atom is 0.166 e. The van der Waals surface area contributed by atoms with Crippen molar-refractivity contribution >= 4 is 0 Å². The highest BCUT2D eigenvalue weighted by Crippen LogP contribution is 2.40. The summed E-state index contributed by atoms with van der Waals surface area (Å²) in [5, 5.41) is 0. The normalized spacial score (nSPS) is 44.0. The van der Waals surface area contributed by atoms with Crippen LogP contribution < -0.4 is 0 Å². The molecule has 0 aliphatic carbocycles. The fourth-order valence-corrected chi connectivity index (χ4v) is 2.19. The Bertz CT molecular complexity index is 214. The Labute approximate surface area is 78.7 Å². The molecule has 3 nitrogen and oxygen atoms in total. The minimum absolute atomic E-state index is 0.148. The first-order valence-corrected chi connectivity index (χ1v) is 4.75. The van der Waals surface area contributed by atoms with E-state index in [0.29, 0.717) is 6.61 Å². The van der Waals surface area contributed by atoms with Crippen molar-refractivity contribution < 1.29 is 14.2 Å². The third-order valence-electron chi connectivity index (χ3n) is 2.89. The van der Waals surface area contributed by atoms with Crippen LogP contribution in [0.1, 0.15) is 13.3 Å². The molecule has 0 radical (unpaired) electrons. The average molecular weight is 184 g/mol. The zero-order valence-corrected chi connectivity index (χ0v) is 8.16. The molecule has 3 heteroatoms. The first-order chi connectivity index (χ1) is 6.27. The van der Waals surface area contributed by atoms with Gasteiger partial charge in [-0.3, -0.25) is 0 Å². The summed E-state index contributed by atoms with van der Waals surface area (Å²) >= 11 is 0. The number of methoxy groups -OCH3 is 1. The lowest BCUT2D eigenvalue weighted by Gasteiger charge is -2.14. The third kappa shape index (κ3) is 1.31. The lowest BCUT2D eigenvalue weighted by atomic mass is 9.96. The molecule has 0 aromatic heterocycles. The lowest BCUT2D eigenvalue weighted by molar-refractivity contribution is -0.131.